The quantitative estimate of drug-likeness (QED) is 0.634. The van der Waals surface area contributed by atoms with E-state index in [9.17, 15) is 0 Å². The topological polar surface area (TPSA) is 0 Å². The molecule has 0 aliphatic heterocycles. The number of hydrogen-bond acceptors (Lipinski definition) is 0. The molecule has 0 nitrogen and oxygen atoms in total. The maximum atomic E-state index is 3.11. The molecule has 0 fully saturated rings. The minimum absolute atomic E-state index is 0. The van der Waals surface area contributed by atoms with E-state index in [-0.39, 0.29) is 51.0 Å². The zero-order valence-corrected chi connectivity index (χ0v) is 9.98. The summed E-state index contributed by atoms with van der Waals surface area (Å²) in [6, 6.07) is 0. The van der Waals surface area contributed by atoms with Gasteiger partial charge < -0.3 is 0 Å². The predicted octanol–water partition coefficient (Wildman–Crippen LogP) is 2.93. The molecule has 0 saturated carbocycles. The summed E-state index contributed by atoms with van der Waals surface area (Å²) in [5, 5.41) is 0. The molecule has 0 radical (unpaired) electrons. The normalized spacial score (nSPS) is 12.3. The molecule has 0 amide bonds. The first-order valence-corrected chi connectivity index (χ1v) is 2.69. The minimum Gasteiger partial charge on any atom is -0.273 e. The van der Waals surface area contributed by atoms with Crippen LogP contribution in [0, 0.1) is 6.08 Å². The standard InChI is InChI=1S/C7H9.2ClH.Zr/c1-2-7-5-3-4-6-7;;;/h5-6H,2-3H2,1H3;2*1H;/q-1;;;. The van der Waals surface area contributed by atoms with E-state index in [2.05, 4.69) is 25.2 Å². The third-order valence-electron chi connectivity index (χ3n) is 1.18. The Morgan fingerprint density at radius 1 is 1.50 bits per heavy atom. The van der Waals surface area contributed by atoms with E-state index in [0.717, 1.165) is 12.8 Å². The Hall–Kier alpha value is 0.943. The van der Waals surface area contributed by atoms with Gasteiger partial charge in [0.1, 0.15) is 0 Å². The Morgan fingerprint density at radius 3 is 2.30 bits per heavy atom. The summed E-state index contributed by atoms with van der Waals surface area (Å²) >= 11 is 0. The molecule has 0 aromatic carbocycles. The van der Waals surface area contributed by atoms with Crippen molar-refractivity contribution >= 4 is 24.8 Å². The van der Waals surface area contributed by atoms with Crippen LogP contribution >= 0.6 is 24.8 Å². The van der Waals surface area contributed by atoms with Crippen molar-refractivity contribution in [1.29, 1.82) is 0 Å². The molecule has 1 aliphatic carbocycles. The summed E-state index contributed by atoms with van der Waals surface area (Å²) in [6.07, 6.45) is 9.57. The molecule has 0 heterocycles. The fraction of sp³-hybridized carbons (Fsp3) is 0.429. The van der Waals surface area contributed by atoms with Crippen LogP contribution in [0.3, 0.4) is 0 Å². The van der Waals surface area contributed by atoms with Crippen LogP contribution in [0.2, 0.25) is 0 Å². The van der Waals surface area contributed by atoms with Gasteiger partial charge in [0.25, 0.3) is 0 Å². The molecule has 0 aromatic heterocycles. The van der Waals surface area contributed by atoms with Crippen LogP contribution in [0.4, 0.5) is 0 Å². The molecule has 0 N–H and O–H groups in total. The Bertz CT molecular complexity index is 119. The van der Waals surface area contributed by atoms with Gasteiger partial charge in [0.05, 0.1) is 0 Å². The first-order valence-electron chi connectivity index (χ1n) is 2.69. The van der Waals surface area contributed by atoms with Gasteiger partial charge in [0.15, 0.2) is 0 Å². The van der Waals surface area contributed by atoms with Gasteiger partial charge in [-0.25, -0.2) is 11.6 Å². The van der Waals surface area contributed by atoms with Crippen molar-refractivity contribution in [2.24, 2.45) is 0 Å². The molecule has 0 spiro atoms. The van der Waals surface area contributed by atoms with Gasteiger partial charge in [0, 0.05) is 26.2 Å². The molecular weight excluding hydrogens is 246 g/mol. The molecule has 3 heteroatoms. The Balaban J connectivity index is -0.000000163. The van der Waals surface area contributed by atoms with Crippen LogP contribution in [-0.4, -0.2) is 0 Å². The number of hydrogen-bond donors (Lipinski definition) is 0. The smallest absolute Gasteiger partial charge is 0 e. The van der Waals surface area contributed by atoms with Crippen molar-refractivity contribution in [1.82, 2.24) is 0 Å². The molecule has 1 aliphatic rings. The summed E-state index contributed by atoms with van der Waals surface area (Å²) in [7, 11) is 0. The van der Waals surface area contributed by atoms with E-state index >= 15 is 0 Å². The summed E-state index contributed by atoms with van der Waals surface area (Å²) in [5.74, 6) is 0. The van der Waals surface area contributed by atoms with Gasteiger partial charge >= 0.3 is 0 Å². The second-order valence-electron chi connectivity index (χ2n) is 1.69. The van der Waals surface area contributed by atoms with Crippen molar-refractivity contribution in [3.05, 3.63) is 23.8 Å². The number of rotatable bonds is 1. The second kappa shape index (κ2) is 9.94. The fourth-order valence-electron chi connectivity index (χ4n) is 0.685. The first-order chi connectivity index (χ1) is 3.43. The van der Waals surface area contributed by atoms with Gasteiger partial charge in [-0.1, -0.05) is 13.3 Å². The molecule has 58 valence electrons. The molecule has 0 saturated heterocycles. The molecule has 0 atom stereocenters. The van der Waals surface area contributed by atoms with Gasteiger partial charge in [-0.05, 0) is 0 Å². The van der Waals surface area contributed by atoms with Crippen LogP contribution in [0.25, 0.3) is 0 Å². The maximum Gasteiger partial charge on any atom is 0 e. The zero-order valence-electron chi connectivity index (χ0n) is 5.89. The minimum atomic E-state index is 0. The van der Waals surface area contributed by atoms with E-state index in [1.807, 2.05) is 0 Å². The summed E-state index contributed by atoms with van der Waals surface area (Å²) in [5.41, 5.74) is 1.43. The van der Waals surface area contributed by atoms with Crippen molar-refractivity contribution < 1.29 is 26.2 Å². The van der Waals surface area contributed by atoms with E-state index in [4.69, 9.17) is 0 Å². The monoisotopic (exact) mass is 255 g/mol. The number of allylic oxidation sites excluding steroid dienone is 4. The third-order valence-corrected chi connectivity index (χ3v) is 1.18. The average Bonchev–Trinajstić information content (AvgIpc) is 2.14. The molecular formula is C7H11Cl2Zr-. The second-order valence-corrected chi connectivity index (χ2v) is 1.69. The average molecular weight is 257 g/mol. The van der Waals surface area contributed by atoms with E-state index in [1.165, 1.54) is 5.57 Å². The molecule has 10 heavy (non-hydrogen) atoms. The van der Waals surface area contributed by atoms with Crippen molar-refractivity contribution in [3.63, 3.8) is 0 Å². The maximum absolute atomic E-state index is 3.11. The third kappa shape index (κ3) is 5.71. The van der Waals surface area contributed by atoms with Gasteiger partial charge in [-0.2, -0.15) is 6.08 Å². The van der Waals surface area contributed by atoms with E-state index in [1.54, 1.807) is 0 Å². The largest absolute Gasteiger partial charge is 0.273 e. The Morgan fingerprint density at radius 2 is 2.10 bits per heavy atom. The van der Waals surface area contributed by atoms with Gasteiger partial charge in [-0.3, -0.25) is 6.08 Å². The van der Waals surface area contributed by atoms with E-state index < -0.39 is 0 Å². The Labute approximate surface area is 94.1 Å². The van der Waals surface area contributed by atoms with Crippen molar-refractivity contribution in [3.8, 4) is 0 Å². The van der Waals surface area contributed by atoms with Gasteiger partial charge in [0.2, 0.25) is 0 Å². The summed E-state index contributed by atoms with van der Waals surface area (Å²) in [6.45, 7) is 2.16. The summed E-state index contributed by atoms with van der Waals surface area (Å²) in [4.78, 5) is 0. The zero-order chi connectivity index (χ0) is 5.11. The fourth-order valence-corrected chi connectivity index (χ4v) is 0.685. The van der Waals surface area contributed by atoms with Crippen LogP contribution in [0.15, 0.2) is 17.7 Å². The van der Waals surface area contributed by atoms with Crippen LogP contribution in [0.1, 0.15) is 19.8 Å². The Kier molecular flexibility index (Phi) is 17.1. The van der Waals surface area contributed by atoms with Gasteiger partial charge in [-0.15, -0.1) is 31.2 Å². The predicted molar refractivity (Wildman–Crippen MR) is 45.3 cm³/mol. The molecule has 0 unspecified atom stereocenters. The van der Waals surface area contributed by atoms with Crippen molar-refractivity contribution in [2.45, 2.75) is 19.8 Å². The van der Waals surface area contributed by atoms with Crippen LogP contribution < -0.4 is 0 Å². The van der Waals surface area contributed by atoms with Crippen LogP contribution in [0.5, 0.6) is 0 Å². The van der Waals surface area contributed by atoms with Crippen molar-refractivity contribution in [2.75, 3.05) is 0 Å². The first kappa shape index (κ1) is 17.1. The molecule has 0 bridgehead atoms. The molecule has 1 rings (SSSR count). The summed E-state index contributed by atoms with van der Waals surface area (Å²) < 4.78 is 0. The van der Waals surface area contributed by atoms with Crippen LogP contribution in [-0.2, 0) is 26.2 Å². The SMILES string of the molecule is CCC1=CC[C-]=C1.Cl.Cl.[Zr]. The molecule has 0 aromatic rings. The van der Waals surface area contributed by atoms with E-state index in [0.29, 0.717) is 0 Å². The number of halogens is 2.